The minimum absolute atomic E-state index is 0.123. The molecule has 0 aliphatic heterocycles. The molecule has 0 saturated heterocycles. The fraction of sp³-hybridized carbons (Fsp3) is 0.500. The van der Waals surface area contributed by atoms with Gasteiger partial charge in [-0.1, -0.05) is 11.6 Å². The van der Waals surface area contributed by atoms with E-state index in [0.29, 0.717) is 5.92 Å². The first-order valence-electron chi connectivity index (χ1n) is 3.87. The van der Waals surface area contributed by atoms with E-state index in [2.05, 4.69) is 4.98 Å². The largest absolute Gasteiger partial charge is 0.362 e. The lowest BCUT2D eigenvalue weighted by molar-refractivity contribution is 0.618. The van der Waals surface area contributed by atoms with Gasteiger partial charge in [0.2, 0.25) is 0 Å². The Hall–Kier alpha value is -0.470. The standard InChI is InChI=1S/C8H11ClN2/c9-6-3-4-11-8(6)7(10)5-1-2-5/h3-5,7,11H,1-2,10H2. The van der Waals surface area contributed by atoms with Crippen LogP contribution in [0.1, 0.15) is 24.6 Å². The van der Waals surface area contributed by atoms with E-state index in [1.54, 1.807) is 0 Å². The van der Waals surface area contributed by atoms with Crippen molar-refractivity contribution in [2.75, 3.05) is 0 Å². The average molecular weight is 171 g/mol. The normalized spacial score (nSPS) is 20.2. The van der Waals surface area contributed by atoms with Crippen molar-refractivity contribution in [2.45, 2.75) is 18.9 Å². The molecule has 3 heteroatoms. The third kappa shape index (κ3) is 1.28. The molecule has 3 N–H and O–H groups in total. The third-order valence-corrected chi connectivity index (χ3v) is 2.52. The predicted molar refractivity (Wildman–Crippen MR) is 45.5 cm³/mol. The number of hydrogen-bond acceptors (Lipinski definition) is 1. The Kier molecular flexibility index (Phi) is 1.66. The van der Waals surface area contributed by atoms with Crippen molar-refractivity contribution >= 4 is 11.6 Å². The van der Waals surface area contributed by atoms with Gasteiger partial charge in [0.15, 0.2) is 0 Å². The summed E-state index contributed by atoms with van der Waals surface area (Å²) in [5.41, 5.74) is 6.92. The number of rotatable bonds is 2. The van der Waals surface area contributed by atoms with Crippen LogP contribution in [-0.4, -0.2) is 4.98 Å². The Morgan fingerprint density at radius 2 is 2.36 bits per heavy atom. The zero-order valence-electron chi connectivity index (χ0n) is 6.18. The summed E-state index contributed by atoms with van der Waals surface area (Å²) < 4.78 is 0. The number of H-pyrrole nitrogens is 1. The third-order valence-electron chi connectivity index (χ3n) is 2.19. The molecular weight excluding hydrogens is 160 g/mol. The topological polar surface area (TPSA) is 41.8 Å². The van der Waals surface area contributed by atoms with Crippen LogP contribution in [0, 0.1) is 5.92 Å². The summed E-state index contributed by atoms with van der Waals surface area (Å²) in [6.45, 7) is 0. The molecule has 0 aromatic carbocycles. The highest BCUT2D eigenvalue weighted by atomic mass is 35.5. The maximum atomic E-state index is 5.93. The van der Waals surface area contributed by atoms with Gasteiger partial charge in [0.25, 0.3) is 0 Å². The Bertz CT molecular complexity index is 252. The molecular formula is C8H11ClN2. The van der Waals surface area contributed by atoms with E-state index < -0.39 is 0 Å². The molecule has 1 aliphatic rings. The van der Waals surface area contributed by atoms with E-state index in [0.717, 1.165) is 10.7 Å². The van der Waals surface area contributed by atoms with E-state index in [-0.39, 0.29) is 6.04 Å². The van der Waals surface area contributed by atoms with E-state index in [1.807, 2.05) is 12.3 Å². The summed E-state index contributed by atoms with van der Waals surface area (Å²) in [7, 11) is 0. The van der Waals surface area contributed by atoms with Crippen LogP contribution in [0.15, 0.2) is 12.3 Å². The molecule has 0 bridgehead atoms. The summed E-state index contributed by atoms with van der Waals surface area (Å²) in [6, 6.07) is 1.97. The van der Waals surface area contributed by atoms with Crippen molar-refractivity contribution in [3.8, 4) is 0 Å². The van der Waals surface area contributed by atoms with Gasteiger partial charge in [-0.25, -0.2) is 0 Å². The predicted octanol–water partition coefficient (Wildman–Crippen LogP) is 2.08. The maximum absolute atomic E-state index is 5.93. The van der Waals surface area contributed by atoms with Gasteiger partial charge in [-0.2, -0.15) is 0 Å². The summed E-state index contributed by atoms with van der Waals surface area (Å²) in [6.07, 6.45) is 4.33. The van der Waals surface area contributed by atoms with Crippen LogP contribution < -0.4 is 5.73 Å². The van der Waals surface area contributed by atoms with Gasteiger partial charge in [0.05, 0.1) is 10.7 Å². The van der Waals surface area contributed by atoms with Gasteiger partial charge in [0.1, 0.15) is 0 Å². The van der Waals surface area contributed by atoms with E-state index in [1.165, 1.54) is 12.8 Å². The van der Waals surface area contributed by atoms with Gasteiger partial charge in [0, 0.05) is 12.2 Å². The Balaban J connectivity index is 2.20. The molecule has 2 nitrogen and oxygen atoms in total. The van der Waals surface area contributed by atoms with Crippen molar-refractivity contribution < 1.29 is 0 Å². The lowest BCUT2D eigenvalue weighted by atomic mass is 10.1. The summed E-state index contributed by atoms with van der Waals surface area (Å²) in [5.74, 6) is 0.658. The van der Waals surface area contributed by atoms with Gasteiger partial charge in [-0.15, -0.1) is 0 Å². The SMILES string of the molecule is NC(c1[nH]ccc1Cl)C1CC1. The van der Waals surface area contributed by atoms with E-state index in [9.17, 15) is 0 Å². The molecule has 60 valence electrons. The molecule has 2 rings (SSSR count). The molecule has 1 unspecified atom stereocenters. The molecule has 0 spiro atoms. The molecule has 0 radical (unpaired) electrons. The van der Waals surface area contributed by atoms with Gasteiger partial charge >= 0.3 is 0 Å². The first-order valence-corrected chi connectivity index (χ1v) is 4.25. The second-order valence-electron chi connectivity index (χ2n) is 3.10. The second kappa shape index (κ2) is 2.54. The minimum Gasteiger partial charge on any atom is -0.362 e. The van der Waals surface area contributed by atoms with Crippen LogP contribution >= 0.6 is 11.6 Å². The van der Waals surface area contributed by atoms with Gasteiger partial charge in [-0.05, 0) is 24.8 Å². The second-order valence-corrected chi connectivity index (χ2v) is 3.51. The number of nitrogens with two attached hydrogens (primary N) is 1. The molecule has 11 heavy (non-hydrogen) atoms. The quantitative estimate of drug-likeness (QED) is 0.701. The summed E-state index contributed by atoms with van der Waals surface area (Å²) >= 11 is 5.90. The van der Waals surface area contributed by atoms with Crippen molar-refractivity contribution in [2.24, 2.45) is 11.7 Å². The molecule has 0 amide bonds. The van der Waals surface area contributed by atoms with Crippen LogP contribution in [0.25, 0.3) is 0 Å². The molecule has 1 aliphatic carbocycles. The van der Waals surface area contributed by atoms with Crippen LogP contribution in [-0.2, 0) is 0 Å². The van der Waals surface area contributed by atoms with Crippen molar-refractivity contribution in [1.29, 1.82) is 0 Å². The van der Waals surface area contributed by atoms with Gasteiger partial charge < -0.3 is 10.7 Å². The van der Waals surface area contributed by atoms with Crippen LogP contribution in [0.5, 0.6) is 0 Å². The zero-order valence-corrected chi connectivity index (χ0v) is 6.93. The Morgan fingerprint density at radius 3 is 2.82 bits per heavy atom. The smallest absolute Gasteiger partial charge is 0.0629 e. The highest BCUT2D eigenvalue weighted by Gasteiger charge is 2.31. The number of aromatic amines is 1. The molecule has 1 atom stereocenters. The van der Waals surface area contributed by atoms with Crippen molar-refractivity contribution in [3.63, 3.8) is 0 Å². The first kappa shape index (κ1) is 7.19. The van der Waals surface area contributed by atoms with Crippen molar-refractivity contribution in [3.05, 3.63) is 23.0 Å². The minimum atomic E-state index is 0.123. The molecule has 1 saturated carbocycles. The molecule has 1 fully saturated rings. The maximum Gasteiger partial charge on any atom is 0.0629 e. The number of aromatic nitrogens is 1. The Morgan fingerprint density at radius 1 is 1.64 bits per heavy atom. The van der Waals surface area contributed by atoms with Gasteiger partial charge in [-0.3, -0.25) is 0 Å². The van der Waals surface area contributed by atoms with Crippen molar-refractivity contribution in [1.82, 2.24) is 4.98 Å². The van der Waals surface area contributed by atoms with E-state index >= 15 is 0 Å². The lowest BCUT2D eigenvalue weighted by Gasteiger charge is -2.07. The fourth-order valence-electron chi connectivity index (χ4n) is 1.31. The fourth-order valence-corrected chi connectivity index (χ4v) is 1.55. The molecule has 1 heterocycles. The van der Waals surface area contributed by atoms with Crippen LogP contribution in [0.2, 0.25) is 5.02 Å². The number of hydrogen-bond donors (Lipinski definition) is 2. The summed E-state index contributed by atoms with van der Waals surface area (Å²) in [5, 5.41) is 0.768. The van der Waals surface area contributed by atoms with Crippen LogP contribution in [0.4, 0.5) is 0 Å². The zero-order chi connectivity index (χ0) is 7.84. The highest BCUT2D eigenvalue weighted by molar-refractivity contribution is 6.31. The number of halogens is 1. The van der Waals surface area contributed by atoms with E-state index in [4.69, 9.17) is 17.3 Å². The molecule has 1 aromatic rings. The Labute approximate surface area is 70.7 Å². The highest BCUT2D eigenvalue weighted by Crippen LogP contribution is 2.40. The monoisotopic (exact) mass is 170 g/mol. The lowest BCUT2D eigenvalue weighted by Crippen LogP contribution is -2.12. The van der Waals surface area contributed by atoms with Crippen LogP contribution in [0.3, 0.4) is 0 Å². The molecule has 1 aromatic heterocycles. The average Bonchev–Trinajstić information content (AvgIpc) is 2.74. The number of nitrogens with one attached hydrogen (secondary N) is 1. The first-order chi connectivity index (χ1) is 5.29. The summed E-state index contributed by atoms with van der Waals surface area (Å²) in [4.78, 5) is 3.07.